The number of nitrogens with zero attached hydrogens (tertiary/aromatic N) is 1. The van der Waals surface area contributed by atoms with Gasteiger partial charge in [-0.3, -0.25) is 0 Å². The van der Waals surface area contributed by atoms with Crippen LogP contribution in [0.1, 0.15) is 51.4 Å². The van der Waals surface area contributed by atoms with Crippen LogP contribution in [-0.4, -0.2) is 23.4 Å². The van der Waals surface area contributed by atoms with Crippen molar-refractivity contribution in [2.24, 2.45) is 5.92 Å². The Bertz CT molecular complexity index is 237. The summed E-state index contributed by atoms with van der Waals surface area (Å²) >= 11 is 0. The van der Waals surface area contributed by atoms with E-state index in [0.717, 1.165) is 12.5 Å². The number of carbonyl (C=O) groups excluding carboxylic acids is 1. The maximum absolute atomic E-state index is 10.5. The van der Waals surface area contributed by atoms with Gasteiger partial charge in [-0.1, -0.05) is 19.3 Å². The van der Waals surface area contributed by atoms with E-state index in [2.05, 4.69) is 4.90 Å². The van der Waals surface area contributed by atoms with Crippen LogP contribution in [0, 0.1) is 5.92 Å². The molecule has 0 N–H and O–H groups in total. The van der Waals surface area contributed by atoms with Gasteiger partial charge in [0.1, 0.15) is 5.94 Å². The third kappa shape index (κ3) is 2.85. The van der Waals surface area contributed by atoms with Gasteiger partial charge in [-0.2, -0.15) is 0 Å². The summed E-state index contributed by atoms with van der Waals surface area (Å²) in [5.41, 5.74) is 0. The molecule has 0 aromatic rings. The van der Waals surface area contributed by atoms with Crippen LogP contribution in [0.4, 0.5) is 0 Å². The van der Waals surface area contributed by atoms with Crippen molar-refractivity contribution >= 4 is 5.94 Å². The first kappa shape index (κ1) is 10.8. The molecule has 0 aromatic heterocycles. The minimum absolute atomic E-state index is 0.626. The van der Waals surface area contributed by atoms with E-state index >= 15 is 0 Å². The molecule has 2 nitrogen and oxygen atoms in total. The highest BCUT2D eigenvalue weighted by Crippen LogP contribution is 2.32. The fourth-order valence-electron chi connectivity index (χ4n) is 3.09. The number of hydrogen-bond acceptors (Lipinski definition) is 2. The quantitative estimate of drug-likeness (QED) is 0.616. The molecule has 2 heteroatoms. The second kappa shape index (κ2) is 5.37. The lowest BCUT2D eigenvalue weighted by atomic mass is 9.81. The van der Waals surface area contributed by atoms with Crippen molar-refractivity contribution in [2.75, 3.05) is 6.54 Å². The molecule has 84 valence electrons. The van der Waals surface area contributed by atoms with Gasteiger partial charge in [0.2, 0.25) is 0 Å². The Kier molecular flexibility index (Phi) is 3.85. The van der Waals surface area contributed by atoms with Crippen LogP contribution in [0.3, 0.4) is 0 Å². The normalized spacial score (nSPS) is 32.1. The molecular formula is C13H21NO. The van der Waals surface area contributed by atoms with Gasteiger partial charge in [-0.15, -0.1) is 0 Å². The SMILES string of the molecule is O=C=CN1CCCCCC2CCC1CC2. The van der Waals surface area contributed by atoms with E-state index in [1.807, 2.05) is 5.94 Å². The molecule has 0 amide bonds. The topological polar surface area (TPSA) is 20.3 Å². The first-order chi connectivity index (χ1) is 7.40. The van der Waals surface area contributed by atoms with Gasteiger partial charge in [0.25, 0.3) is 0 Å². The minimum Gasteiger partial charge on any atom is -0.366 e. The van der Waals surface area contributed by atoms with Crippen molar-refractivity contribution in [1.82, 2.24) is 4.90 Å². The zero-order valence-electron chi connectivity index (χ0n) is 9.45. The summed E-state index contributed by atoms with van der Waals surface area (Å²) in [5.74, 6) is 2.93. The number of rotatable bonds is 1. The highest BCUT2D eigenvalue weighted by molar-refractivity contribution is 5.44. The zero-order valence-corrected chi connectivity index (χ0v) is 9.45. The summed E-state index contributed by atoms with van der Waals surface area (Å²) in [6.45, 7) is 1.06. The summed E-state index contributed by atoms with van der Waals surface area (Å²) in [5, 5.41) is 0. The molecular weight excluding hydrogens is 186 g/mol. The smallest absolute Gasteiger partial charge is 0.142 e. The monoisotopic (exact) mass is 207 g/mol. The van der Waals surface area contributed by atoms with Gasteiger partial charge >= 0.3 is 0 Å². The van der Waals surface area contributed by atoms with Crippen LogP contribution in [0.2, 0.25) is 0 Å². The molecule has 2 heterocycles. The molecule has 3 rings (SSSR count). The predicted molar refractivity (Wildman–Crippen MR) is 61.2 cm³/mol. The molecule has 2 saturated heterocycles. The third-order valence-corrected chi connectivity index (χ3v) is 4.03. The lowest BCUT2D eigenvalue weighted by Crippen LogP contribution is -2.35. The Labute approximate surface area is 92.3 Å². The molecule has 3 aliphatic rings. The largest absolute Gasteiger partial charge is 0.366 e. The van der Waals surface area contributed by atoms with Crippen LogP contribution >= 0.6 is 0 Å². The molecule has 0 unspecified atom stereocenters. The van der Waals surface area contributed by atoms with E-state index in [1.165, 1.54) is 51.4 Å². The summed E-state index contributed by atoms with van der Waals surface area (Å²) in [6.07, 6.45) is 12.3. The van der Waals surface area contributed by atoms with Crippen LogP contribution in [-0.2, 0) is 4.79 Å². The lowest BCUT2D eigenvalue weighted by molar-refractivity contribution is 0.168. The molecule has 1 saturated carbocycles. The maximum Gasteiger partial charge on any atom is 0.142 e. The molecule has 0 spiro atoms. The van der Waals surface area contributed by atoms with E-state index in [0.29, 0.717) is 6.04 Å². The average molecular weight is 207 g/mol. The van der Waals surface area contributed by atoms with Crippen molar-refractivity contribution in [1.29, 1.82) is 0 Å². The zero-order chi connectivity index (χ0) is 10.5. The first-order valence-electron chi connectivity index (χ1n) is 6.37. The first-order valence-corrected chi connectivity index (χ1v) is 6.37. The third-order valence-electron chi connectivity index (χ3n) is 4.03. The van der Waals surface area contributed by atoms with Gasteiger partial charge in [0, 0.05) is 12.6 Å². The molecule has 0 radical (unpaired) electrons. The van der Waals surface area contributed by atoms with Crippen molar-refractivity contribution < 1.29 is 4.79 Å². The van der Waals surface area contributed by atoms with E-state index in [-0.39, 0.29) is 0 Å². The van der Waals surface area contributed by atoms with Gasteiger partial charge < -0.3 is 4.90 Å². The molecule has 1 aliphatic carbocycles. The second-order valence-corrected chi connectivity index (χ2v) is 5.01. The van der Waals surface area contributed by atoms with Crippen molar-refractivity contribution in [3.05, 3.63) is 6.20 Å². The number of hydrogen-bond donors (Lipinski definition) is 0. The Morgan fingerprint density at radius 2 is 1.80 bits per heavy atom. The highest BCUT2D eigenvalue weighted by Gasteiger charge is 2.25. The average Bonchev–Trinajstić information content (AvgIpc) is 2.29. The van der Waals surface area contributed by atoms with Gasteiger partial charge in [-0.05, 0) is 38.0 Å². The number of fused-ring (bicyclic) bond motifs is 7. The maximum atomic E-state index is 10.5. The standard InChI is InChI=1S/C13H21NO/c15-11-10-14-9-3-1-2-4-12-5-7-13(14)8-6-12/h10,12-13H,1-9H2. The molecule has 0 atom stereocenters. The Balaban J connectivity index is 2.01. The predicted octanol–water partition coefficient (Wildman–Crippen LogP) is 2.77. The second-order valence-electron chi connectivity index (χ2n) is 5.01. The van der Waals surface area contributed by atoms with E-state index in [1.54, 1.807) is 6.20 Å². The van der Waals surface area contributed by atoms with Crippen molar-refractivity contribution in [3.63, 3.8) is 0 Å². The summed E-state index contributed by atoms with van der Waals surface area (Å²) in [7, 11) is 0. The van der Waals surface area contributed by atoms with Gasteiger partial charge in [0.15, 0.2) is 0 Å². The van der Waals surface area contributed by atoms with E-state index in [9.17, 15) is 4.79 Å². The summed E-state index contributed by atoms with van der Waals surface area (Å²) in [4.78, 5) is 12.7. The van der Waals surface area contributed by atoms with E-state index in [4.69, 9.17) is 0 Å². The lowest BCUT2D eigenvalue weighted by Gasteiger charge is -2.37. The van der Waals surface area contributed by atoms with Crippen LogP contribution in [0.15, 0.2) is 6.20 Å². The molecule has 2 aliphatic heterocycles. The van der Waals surface area contributed by atoms with Crippen LogP contribution in [0.5, 0.6) is 0 Å². The highest BCUT2D eigenvalue weighted by atomic mass is 16.1. The Hall–Kier alpha value is -0.750. The molecule has 2 bridgehead atoms. The molecule has 15 heavy (non-hydrogen) atoms. The minimum atomic E-state index is 0.626. The van der Waals surface area contributed by atoms with Crippen LogP contribution < -0.4 is 0 Å². The van der Waals surface area contributed by atoms with Crippen LogP contribution in [0.25, 0.3) is 0 Å². The molecule has 3 fully saturated rings. The van der Waals surface area contributed by atoms with Gasteiger partial charge in [0.05, 0.1) is 6.20 Å². The van der Waals surface area contributed by atoms with Crippen molar-refractivity contribution in [2.45, 2.75) is 57.4 Å². The summed E-state index contributed by atoms with van der Waals surface area (Å²) < 4.78 is 0. The van der Waals surface area contributed by atoms with Crippen molar-refractivity contribution in [3.8, 4) is 0 Å². The van der Waals surface area contributed by atoms with E-state index < -0.39 is 0 Å². The summed E-state index contributed by atoms with van der Waals surface area (Å²) in [6, 6.07) is 0.626. The van der Waals surface area contributed by atoms with Gasteiger partial charge in [-0.25, -0.2) is 4.79 Å². The Morgan fingerprint density at radius 3 is 2.53 bits per heavy atom. The fourth-order valence-corrected chi connectivity index (χ4v) is 3.09. The Morgan fingerprint density at radius 1 is 1.00 bits per heavy atom. The molecule has 0 aromatic carbocycles. The fraction of sp³-hybridized carbons (Fsp3) is 0.846.